The molecule has 0 radical (unpaired) electrons. The van der Waals surface area contributed by atoms with E-state index in [0.29, 0.717) is 17.5 Å². The molecular formula is C13H17NO4. The molecule has 5 heteroatoms. The second-order valence-corrected chi connectivity index (χ2v) is 4.18. The largest absolute Gasteiger partial charge is 0.508 e. The summed E-state index contributed by atoms with van der Waals surface area (Å²) in [5, 5.41) is 20.6. The van der Waals surface area contributed by atoms with Gasteiger partial charge in [0.2, 0.25) is 0 Å². The van der Waals surface area contributed by atoms with Crippen LogP contribution in [0.3, 0.4) is 0 Å². The standard InChI is InChI=1S/C13H17NO4/c1-3-9(7-12(16)17)14-13(18)11-5-4-10(15)6-8(11)2/h4-6,9,15H,3,7H2,1-2H3,(H,14,18)(H,16,17). The topological polar surface area (TPSA) is 86.6 Å². The molecule has 1 rings (SSSR count). The molecule has 0 spiro atoms. The predicted octanol–water partition coefficient (Wildman–Crippen LogP) is 1.68. The molecule has 1 unspecified atom stereocenters. The van der Waals surface area contributed by atoms with Gasteiger partial charge in [0.05, 0.1) is 6.42 Å². The molecule has 0 heterocycles. The number of carbonyl (C=O) groups excluding carboxylic acids is 1. The molecule has 5 nitrogen and oxygen atoms in total. The Kier molecular flexibility index (Phi) is 4.71. The zero-order chi connectivity index (χ0) is 13.7. The summed E-state index contributed by atoms with van der Waals surface area (Å²) in [6.45, 7) is 3.53. The van der Waals surface area contributed by atoms with Crippen LogP contribution in [0.1, 0.15) is 35.7 Å². The third-order valence-corrected chi connectivity index (χ3v) is 2.70. The number of amides is 1. The lowest BCUT2D eigenvalue weighted by Gasteiger charge is -2.15. The molecule has 0 saturated heterocycles. The van der Waals surface area contributed by atoms with Crippen LogP contribution in [0.15, 0.2) is 18.2 Å². The van der Waals surface area contributed by atoms with E-state index in [0.717, 1.165) is 0 Å². The van der Waals surface area contributed by atoms with Gasteiger partial charge < -0.3 is 15.5 Å². The number of carbonyl (C=O) groups is 2. The Morgan fingerprint density at radius 1 is 1.39 bits per heavy atom. The molecule has 1 atom stereocenters. The fraction of sp³-hybridized carbons (Fsp3) is 0.385. The van der Waals surface area contributed by atoms with Gasteiger partial charge in [-0.2, -0.15) is 0 Å². The number of rotatable bonds is 5. The number of aromatic hydroxyl groups is 1. The van der Waals surface area contributed by atoms with Crippen LogP contribution in [0, 0.1) is 6.92 Å². The molecule has 1 amide bonds. The first-order valence-corrected chi connectivity index (χ1v) is 5.76. The molecular weight excluding hydrogens is 234 g/mol. The minimum absolute atomic E-state index is 0.0978. The first kappa shape index (κ1) is 14.0. The summed E-state index contributed by atoms with van der Waals surface area (Å²) in [5.41, 5.74) is 1.09. The number of phenolic OH excluding ortho intramolecular Hbond substituents is 1. The fourth-order valence-corrected chi connectivity index (χ4v) is 1.67. The van der Waals surface area contributed by atoms with Crippen LogP contribution in [0.4, 0.5) is 0 Å². The predicted molar refractivity (Wildman–Crippen MR) is 66.6 cm³/mol. The number of nitrogens with one attached hydrogen (secondary N) is 1. The van der Waals surface area contributed by atoms with Crippen LogP contribution in [0.25, 0.3) is 0 Å². The van der Waals surface area contributed by atoms with Crippen molar-refractivity contribution in [1.82, 2.24) is 5.32 Å². The van der Waals surface area contributed by atoms with Crippen LogP contribution in [-0.2, 0) is 4.79 Å². The van der Waals surface area contributed by atoms with Gasteiger partial charge in [-0.25, -0.2) is 0 Å². The summed E-state index contributed by atoms with van der Waals surface area (Å²) in [5.74, 6) is -1.16. The number of benzene rings is 1. The first-order valence-electron chi connectivity index (χ1n) is 5.76. The van der Waals surface area contributed by atoms with Gasteiger partial charge in [0.1, 0.15) is 5.75 Å². The molecule has 98 valence electrons. The highest BCUT2D eigenvalue weighted by Crippen LogP contribution is 2.16. The molecule has 1 aromatic rings. The van der Waals surface area contributed by atoms with Crippen LogP contribution in [0.5, 0.6) is 5.75 Å². The monoisotopic (exact) mass is 251 g/mol. The van der Waals surface area contributed by atoms with Gasteiger partial charge in [-0.1, -0.05) is 6.92 Å². The van der Waals surface area contributed by atoms with Gasteiger partial charge >= 0.3 is 5.97 Å². The molecule has 18 heavy (non-hydrogen) atoms. The normalized spacial score (nSPS) is 11.9. The van der Waals surface area contributed by atoms with E-state index in [2.05, 4.69) is 5.32 Å². The maximum atomic E-state index is 11.9. The lowest BCUT2D eigenvalue weighted by molar-refractivity contribution is -0.137. The molecule has 0 fully saturated rings. The van der Waals surface area contributed by atoms with Crippen molar-refractivity contribution in [3.8, 4) is 5.75 Å². The SMILES string of the molecule is CCC(CC(=O)O)NC(=O)c1ccc(O)cc1C. The second-order valence-electron chi connectivity index (χ2n) is 4.18. The van der Waals surface area contributed by atoms with Crippen LogP contribution in [0.2, 0.25) is 0 Å². The van der Waals surface area contributed by atoms with Crippen molar-refractivity contribution in [1.29, 1.82) is 0 Å². The fourth-order valence-electron chi connectivity index (χ4n) is 1.67. The van der Waals surface area contributed by atoms with Crippen LogP contribution in [-0.4, -0.2) is 28.1 Å². The highest BCUT2D eigenvalue weighted by atomic mass is 16.4. The molecule has 0 aliphatic heterocycles. The van der Waals surface area contributed by atoms with E-state index in [-0.39, 0.29) is 24.1 Å². The lowest BCUT2D eigenvalue weighted by atomic mass is 10.1. The Labute approximate surface area is 105 Å². The Morgan fingerprint density at radius 2 is 2.06 bits per heavy atom. The number of carboxylic acid groups (broad SMARTS) is 1. The lowest BCUT2D eigenvalue weighted by Crippen LogP contribution is -2.36. The summed E-state index contributed by atoms with van der Waals surface area (Å²) in [4.78, 5) is 22.6. The number of phenols is 1. The zero-order valence-electron chi connectivity index (χ0n) is 10.4. The van der Waals surface area contributed by atoms with Gasteiger partial charge in [0.25, 0.3) is 5.91 Å². The van der Waals surface area contributed by atoms with E-state index in [1.54, 1.807) is 6.92 Å². The third kappa shape index (κ3) is 3.76. The van der Waals surface area contributed by atoms with E-state index in [4.69, 9.17) is 5.11 Å². The van der Waals surface area contributed by atoms with E-state index in [1.807, 2.05) is 6.92 Å². The summed E-state index contributed by atoms with van der Waals surface area (Å²) in [7, 11) is 0. The first-order chi connectivity index (χ1) is 8.43. The Morgan fingerprint density at radius 3 is 2.56 bits per heavy atom. The van der Waals surface area contributed by atoms with Crippen molar-refractivity contribution < 1.29 is 19.8 Å². The van der Waals surface area contributed by atoms with E-state index >= 15 is 0 Å². The summed E-state index contributed by atoms with van der Waals surface area (Å²) in [6.07, 6.45) is 0.453. The number of aliphatic carboxylic acids is 1. The van der Waals surface area contributed by atoms with Crippen molar-refractivity contribution in [2.24, 2.45) is 0 Å². The Bertz CT molecular complexity index is 456. The van der Waals surface area contributed by atoms with Crippen molar-refractivity contribution >= 4 is 11.9 Å². The van der Waals surface area contributed by atoms with Gasteiger partial charge in [-0.05, 0) is 37.1 Å². The summed E-state index contributed by atoms with van der Waals surface area (Å²) >= 11 is 0. The average molecular weight is 251 g/mol. The van der Waals surface area contributed by atoms with E-state index in [1.165, 1.54) is 18.2 Å². The van der Waals surface area contributed by atoms with Crippen molar-refractivity contribution in [2.45, 2.75) is 32.7 Å². The zero-order valence-corrected chi connectivity index (χ0v) is 10.4. The Balaban J connectivity index is 2.77. The third-order valence-electron chi connectivity index (χ3n) is 2.70. The average Bonchev–Trinajstić information content (AvgIpc) is 2.27. The van der Waals surface area contributed by atoms with Crippen LogP contribution < -0.4 is 5.32 Å². The quantitative estimate of drug-likeness (QED) is 0.743. The number of aryl methyl sites for hydroxylation is 1. The van der Waals surface area contributed by atoms with Crippen molar-refractivity contribution in [2.75, 3.05) is 0 Å². The molecule has 0 aliphatic rings. The second kappa shape index (κ2) is 6.05. The maximum absolute atomic E-state index is 11.9. The molecule has 0 saturated carbocycles. The molecule has 3 N–H and O–H groups in total. The van der Waals surface area contributed by atoms with Crippen LogP contribution >= 0.6 is 0 Å². The minimum Gasteiger partial charge on any atom is -0.508 e. The van der Waals surface area contributed by atoms with Gasteiger partial charge in [-0.15, -0.1) is 0 Å². The highest BCUT2D eigenvalue weighted by molar-refractivity contribution is 5.96. The number of hydrogen-bond acceptors (Lipinski definition) is 3. The number of carboxylic acids is 1. The molecule has 1 aromatic carbocycles. The smallest absolute Gasteiger partial charge is 0.305 e. The van der Waals surface area contributed by atoms with Gasteiger partial charge in [-0.3, -0.25) is 9.59 Å². The highest BCUT2D eigenvalue weighted by Gasteiger charge is 2.16. The molecule has 0 aliphatic carbocycles. The van der Waals surface area contributed by atoms with E-state index in [9.17, 15) is 14.7 Å². The molecule has 0 aromatic heterocycles. The van der Waals surface area contributed by atoms with Crippen molar-refractivity contribution in [3.05, 3.63) is 29.3 Å². The summed E-state index contributed by atoms with van der Waals surface area (Å²) < 4.78 is 0. The summed E-state index contributed by atoms with van der Waals surface area (Å²) in [6, 6.07) is 4.06. The maximum Gasteiger partial charge on any atom is 0.305 e. The van der Waals surface area contributed by atoms with Gasteiger partial charge in [0.15, 0.2) is 0 Å². The van der Waals surface area contributed by atoms with Crippen molar-refractivity contribution in [3.63, 3.8) is 0 Å². The Hall–Kier alpha value is -2.04. The molecule has 0 bridgehead atoms. The van der Waals surface area contributed by atoms with E-state index < -0.39 is 5.97 Å². The number of hydrogen-bond donors (Lipinski definition) is 3. The minimum atomic E-state index is -0.940. The van der Waals surface area contributed by atoms with Gasteiger partial charge in [0, 0.05) is 11.6 Å².